The maximum absolute atomic E-state index is 12.3. The lowest BCUT2D eigenvalue weighted by Crippen LogP contribution is -2.37. The smallest absolute Gasteiger partial charge is 0.348 e. The highest BCUT2D eigenvalue weighted by molar-refractivity contribution is 7.10. The van der Waals surface area contributed by atoms with Crippen molar-refractivity contribution in [1.29, 1.82) is 0 Å². The van der Waals surface area contributed by atoms with Crippen molar-refractivity contribution in [2.75, 3.05) is 13.1 Å². The van der Waals surface area contributed by atoms with Crippen LogP contribution in [0.5, 0.6) is 0 Å². The van der Waals surface area contributed by atoms with Crippen LogP contribution in [0.3, 0.4) is 0 Å². The largest absolute Gasteiger partial charge is 0.406 e. The molecule has 21 heavy (non-hydrogen) atoms. The lowest BCUT2D eigenvalue weighted by molar-refractivity contribution is -0.157. The molecule has 0 bridgehead atoms. The minimum Gasteiger partial charge on any atom is -0.348 e. The summed E-state index contributed by atoms with van der Waals surface area (Å²) in [5.74, 6) is -1.73. The van der Waals surface area contributed by atoms with Crippen LogP contribution >= 0.6 is 11.3 Å². The summed E-state index contributed by atoms with van der Waals surface area (Å²) in [7, 11) is 0. The quantitative estimate of drug-likeness (QED) is 0.926. The van der Waals surface area contributed by atoms with Crippen molar-refractivity contribution in [3.8, 4) is 0 Å². The maximum atomic E-state index is 12.3. The third kappa shape index (κ3) is 4.20. The van der Waals surface area contributed by atoms with E-state index < -0.39 is 24.5 Å². The van der Waals surface area contributed by atoms with Gasteiger partial charge in [0.15, 0.2) is 0 Å². The number of thiophene rings is 1. The molecule has 0 aliphatic carbocycles. The summed E-state index contributed by atoms with van der Waals surface area (Å²) in [5, 5.41) is 4.62. The van der Waals surface area contributed by atoms with Crippen molar-refractivity contribution in [3.05, 3.63) is 22.4 Å². The fourth-order valence-electron chi connectivity index (χ4n) is 2.26. The van der Waals surface area contributed by atoms with Crippen molar-refractivity contribution in [3.63, 3.8) is 0 Å². The van der Waals surface area contributed by atoms with Crippen LogP contribution in [-0.4, -0.2) is 36.0 Å². The second-order valence-corrected chi connectivity index (χ2v) is 6.02. The second kappa shape index (κ2) is 6.05. The van der Waals surface area contributed by atoms with Crippen LogP contribution in [-0.2, 0) is 9.59 Å². The first kappa shape index (κ1) is 15.8. The van der Waals surface area contributed by atoms with Gasteiger partial charge in [0.05, 0.1) is 12.0 Å². The molecule has 1 aromatic rings. The van der Waals surface area contributed by atoms with Crippen LogP contribution in [0.2, 0.25) is 0 Å². The van der Waals surface area contributed by atoms with Crippen molar-refractivity contribution in [2.45, 2.75) is 25.6 Å². The normalized spacial score (nSPS) is 20.7. The number of halogens is 3. The lowest BCUT2D eigenvalue weighted by Gasteiger charge is -2.19. The predicted octanol–water partition coefficient (Wildman–Crippen LogP) is 2.34. The molecule has 1 fully saturated rings. The molecule has 8 heteroatoms. The van der Waals surface area contributed by atoms with Crippen LogP contribution in [0, 0.1) is 5.92 Å². The summed E-state index contributed by atoms with van der Waals surface area (Å²) in [6.07, 6.45) is -4.61. The van der Waals surface area contributed by atoms with E-state index in [0.717, 1.165) is 4.88 Å². The Morgan fingerprint density at radius 1 is 1.57 bits per heavy atom. The first-order valence-corrected chi connectivity index (χ1v) is 7.32. The Morgan fingerprint density at radius 2 is 2.29 bits per heavy atom. The van der Waals surface area contributed by atoms with Gasteiger partial charge in [0.1, 0.15) is 6.54 Å². The SMILES string of the molecule is C[C@H](NC(=O)[C@@H]1CC(=O)N(CC(F)(F)F)C1)c1cccs1. The molecule has 0 saturated carbocycles. The van der Waals surface area contributed by atoms with E-state index >= 15 is 0 Å². The number of nitrogens with one attached hydrogen (secondary N) is 1. The highest BCUT2D eigenvalue weighted by atomic mass is 32.1. The molecule has 4 nitrogen and oxygen atoms in total. The summed E-state index contributed by atoms with van der Waals surface area (Å²) < 4.78 is 36.9. The van der Waals surface area contributed by atoms with Crippen LogP contribution in [0.4, 0.5) is 13.2 Å². The summed E-state index contributed by atoms with van der Waals surface area (Å²) >= 11 is 1.48. The molecule has 2 rings (SSSR count). The molecule has 0 unspecified atom stereocenters. The average Bonchev–Trinajstić information content (AvgIpc) is 2.98. The van der Waals surface area contributed by atoms with Gasteiger partial charge < -0.3 is 10.2 Å². The van der Waals surface area contributed by atoms with E-state index in [0.29, 0.717) is 4.90 Å². The third-order valence-corrected chi connectivity index (χ3v) is 4.34. The van der Waals surface area contributed by atoms with E-state index in [4.69, 9.17) is 0 Å². The number of alkyl halides is 3. The van der Waals surface area contributed by atoms with Crippen LogP contribution in [0.1, 0.15) is 24.3 Å². The first-order valence-electron chi connectivity index (χ1n) is 6.44. The van der Waals surface area contributed by atoms with E-state index in [9.17, 15) is 22.8 Å². The predicted molar refractivity (Wildman–Crippen MR) is 71.6 cm³/mol. The number of amides is 2. The van der Waals surface area contributed by atoms with Gasteiger partial charge in [-0.15, -0.1) is 11.3 Å². The molecule has 2 heterocycles. The van der Waals surface area contributed by atoms with Crippen molar-refractivity contribution in [2.24, 2.45) is 5.92 Å². The van der Waals surface area contributed by atoms with Gasteiger partial charge >= 0.3 is 6.18 Å². The standard InChI is InChI=1S/C13H15F3N2O2S/c1-8(10-3-2-4-21-10)17-12(20)9-5-11(19)18(6-9)7-13(14,15)16/h2-4,8-9H,5-7H2,1H3,(H,17,20)/t8-,9+/m0/s1. The Kier molecular flexibility index (Phi) is 4.55. The third-order valence-electron chi connectivity index (χ3n) is 3.28. The van der Waals surface area contributed by atoms with Gasteiger partial charge in [0.2, 0.25) is 11.8 Å². The van der Waals surface area contributed by atoms with Crippen molar-refractivity contribution < 1.29 is 22.8 Å². The minimum absolute atomic E-state index is 0.168. The Morgan fingerprint density at radius 3 is 2.86 bits per heavy atom. The monoisotopic (exact) mass is 320 g/mol. The molecular weight excluding hydrogens is 305 g/mol. The molecule has 2 atom stereocenters. The molecule has 0 aromatic carbocycles. The van der Waals surface area contributed by atoms with Crippen LogP contribution in [0.25, 0.3) is 0 Å². The van der Waals surface area contributed by atoms with E-state index in [1.54, 1.807) is 6.92 Å². The zero-order valence-electron chi connectivity index (χ0n) is 11.3. The van der Waals surface area contributed by atoms with E-state index in [1.165, 1.54) is 11.3 Å². The number of rotatable bonds is 4. The molecule has 116 valence electrons. The molecule has 0 spiro atoms. The fraction of sp³-hybridized carbons (Fsp3) is 0.538. The Bertz CT molecular complexity index is 516. The van der Waals surface area contributed by atoms with Gasteiger partial charge in [-0.25, -0.2) is 0 Å². The van der Waals surface area contributed by atoms with Crippen molar-refractivity contribution in [1.82, 2.24) is 10.2 Å². The Hall–Kier alpha value is -1.57. The van der Waals surface area contributed by atoms with Crippen LogP contribution in [0.15, 0.2) is 17.5 Å². The number of carbonyl (C=O) groups is 2. The van der Waals surface area contributed by atoms with Crippen LogP contribution < -0.4 is 5.32 Å². The summed E-state index contributed by atoms with van der Waals surface area (Å²) in [4.78, 5) is 25.2. The molecule has 0 radical (unpaired) electrons. The molecule has 1 aliphatic rings. The zero-order valence-corrected chi connectivity index (χ0v) is 12.1. The summed E-state index contributed by atoms with van der Waals surface area (Å²) in [6.45, 7) is 0.325. The number of hydrogen-bond donors (Lipinski definition) is 1. The molecule has 1 N–H and O–H groups in total. The highest BCUT2D eigenvalue weighted by Crippen LogP contribution is 2.25. The second-order valence-electron chi connectivity index (χ2n) is 5.04. The highest BCUT2D eigenvalue weighted by Gasteiger charge is 2.40. The van der Waals surface area contributed by atoms with Gasteiger partial charge in [-0.3, -0.25) is 9.59 Å². The number of likely N-dealkylation sites (tertiary alicyclic amines) is 1. The van der Waals surface area contributed by atoms with Gasteiger partial charge in [0, 0.05) is 17.8 Å². The Labute approximate surface area is 123 Å². The summed E-state index contributed by atoms with van der Waals surface area (Å²) in [6, 6.07) is 3.50. The average molecular weight is 320 g/mol. The molecule has 1 aromatic heterocycles. The molecular formula is C13H15F3N2O2S. The number of carbonyl (C=O) groups excluding carboxylic acids is 2. The number of nitrogens with zero attached hydrogens (tertiary/aromatic N) is 1. The molecule has 2 amide bonds. The van der Waals surface area contributed by atoms with Gasteiger partial charge in [-0.2, -0.15) is 13.2 Å². The Balaban J connectivity index is 1.91. The molecule has 1 saturated heterocycles. The first-order chi connectivity index (χ1) is 9.76. The zero-order chi connectivity index (χ0) is 15.6. The fourth-order valence-corrected chi connectivity index (χ4v) is 2.99. The lowest BCUT2D eigenvalue weighted by atomic mass is 10.1. The molecule has 1 aliphatic heterocycles. The minimum atomic E-state index is -4.44. The van der Waals surface area contributed by atoms with E-state index in [-0.39, 0.29) is 24.9 Å². The van der Waals surface area contributed by atoms with Gasteiger partial charge in [0.25, 0.3) is 0 Å². The number of hydrogen-bond acceptors (Lipinski definition) is 3. The van der Waals surface area contributed by atoms with E-state index in [2.05, 4.69) is 5.32 Å². The topological polar surface area (TPSA) is 49.4 Å². The van der Waals surface area contributed by atoms with E-state index in [1.807, 2.05) is 17.5 Å². The van der Waals surface area contributed by atoms with Gasteiger partial charge in [-0.1, -0.05) is 6.07 Å². The maximum Gasteiger partial charge on any atom is 0.406 e. The van der Waals surface area contributed by atoms with Crippen molar-refractivity contribution >= 4 is 23.2 Å². The summed E-state index contributed by atoms with van der Waals surface area (Å²) in [5.41, 5.74) is 0. The van der Waals surface area contributed by atoms with Gasteiger partial charge in [-0.05, 0) is 18.4 Å².